The Labute approximate surface area is 108 Å². The van der Waals surface area contributed by atoms with E-state index in [0.717, 1.165) is 12.1 Å². The first-order chi connectivity index (χ1) is 8.73. The van der Waals surface area contributed by atoms with Crippen LogP contribution in [0, 0.1) is 10.1 Å². The molecule has 0 aliphatic heterocycles. The molecule has 7 nitrogen and oxygen atoms in total. The minimum Gasteiger partial charge on any atom is -0.504 e. The Balaban J connectivity index is 3.40. The van der Waals surface area contributed by atoms with Crippen molar-refractivity contribution in [3.05, 3.63) is 33.4 Å². The zero-order valence-corrected chi connectivity index (χ0v) is 10.3. The van der Waals surface area contributed by atoms with Crippen LogP contribution < -0.4 is 0 Å². The number of nitrogens with zero attached hydrogens (tertiary/aromatic N) is 1. The van der Waals surface area contributed by atoms with E-state index >= 15 is 0 Å². The fraction of sp³-hybridized carbons (Fsp3) is 0.250. The maximum Gasteiger partial charge on any atom is 0.315 e. The highest BCUT2D eigenvalue weighted by Crippen LogP contribution is 2.36. The number of aliphatic hydroxyl groups is 1. The van der Waals surface area contributed by atoms with Gasteiger partial charge in [-0.15, -0.1) is 0 Å². The molecule has 1 unspecified atom stereocenters. The van der Waals surface area contributed by atoms with Crippen molar-refractivity contribution in [3.8, 4) is 11.5 Å². The van der Waals surface area contributed by atoms with Gasteiger partial charge in [0.2, 0.25) is 5.75 Å². The predicted octanol–water partition coefficient (Wildman–Crippen LogP) is 1.36. The van der Waals surface area contributed by atoms with E-state index in [1.165, 1.54) is 19.9 Å². The first-order valence-electron chi connectivity index (χ1n) is 5.35. The van der Waals surface area contributed by atoms with Gasteiger partial charge in [-0.25, -0.2) is 0 Å². The fourth-order valence-electron chi connectivity index (χ4n) is 1.54. The largest absolute Gasteiger partial charge is 0.504 e. The lowest BCUT2D eigenvalue weighted by Gasteiger charge is -2.07. The van der Waals surface area contributed by atoms with Gasteiger partial charge in [-0.1, -0.05) is 0 Å². The van der Waals surface area contributed by atoms with E-state index < -0.39 is 34.0 Å². The number of ketones is 1. The summed E-state index contributed by atoms with van der Waals surface area (Å²) < 4.78 is 0. The van der Waals surface area contributed by atoms with Crippen molar-refractivity contribution in [2.75, 3.05) is 0 Å². The first kappa shape index (κ1) is 14.7. The highest BCUT2D eigenvalue weighted by atomic mass is 16.6. The van der Waals surface area contributed by atoms with E-state index in [1.807, 2.05) is 0 Å². The molecular weight excluding hydrogens is 254 g/mol. The number of aromatic hydroxyl groups is 2. The molecule has 0 aliphatic rings. The van der Waals surface area contributed by atoms with E-state index in [4.69, 9.17) is 0 Å². The van der Waals surface area contributed by atoms with Gasteiger partial charge in [0.25, 0.3) is 0 Å². The molecule has 0 heterocycles. The average molecular weight is 267 g/mol. The second-order valence-electron chi connectivity index (χ2n) is 4.00. The van der Waals surface area contributed by atoms with E-state index in [-0.39, 0.29) is 11.1 Å². The van der Waals surface area contributed by atoms with E-state index in [0.29, 0.717) is 0 Å². The Kier molecular flexibility index (Phi) is 4.23. The van der Waals surface area contributed by atoms with Gasteiger partial charge < -0.3 is 15.3 Å². The SMILES string of the molecule is CC(=O)/C(=C/c1cc(O)c(O)c([N+](=O)[O-])c1)C(C)O. The Morgan fingerprint density at radius 1 is 1.42 bits per heavy atom. The molecule has 1 aromatic rings. The topological polar surface area (TPSA) is 121 Å². The average Bonchev–Trinajstić information content (AvgIpc) is 2.28. The number of carbonyl (C=O) groups excluding carboxylic acids is 1. The minimum atomic E-state index is -1.05. The van der Waals surface area contributed by atoms with Gasteiger partial charge in [0.15, 0.2) is 11.5 Å². The van der Waals surface area contributed by atoms with Crippen LogP contribution in [0.2, 0.25) is 0 Å². The molecule has 19 heavy (non-hydrogen) atoms. The normalized spacial score (nSPS) is 13.1. The van der Waals surface area contributed by atoms with Crippen LogP contribution in [-0.4, -0.2) is 32.1 Å². The molecule has 1 aromatic carbocycles. The lowest BCUT2D eigenvalue weighted by molar-refractivity contribution is -0.386. The summed E-state index contributed by atoms with van der Waals surface area (Å²) in [6, 6.07) is 2.06. The summed E-state index contributed by atoms with van der Waals surface area (Å²) in [5, 5.41) is 38.8. The number of aliphatic hydroxyl groups excluding tert-OH is 1. The molecule has 0 spiro atoms. The molecule has 0 radical (unpaired) electrons. The standard InChI is InChI=1S/C12H13NO6/c1-6(14)9(7(2)15)3-8-4-10(13(18)19)12(17)11(16)5-8/h3-6,14,16-17H,1-2H3/b9-3+. The molecule has 1 rings (SSSR count). The van der Waals surface area contributed by atoms with Crippen molar-refractivity contribution in [2.45, 2.75) is 20.0 Å². The maximum atomic E-state index is 11.3. The number of benzene rings is 1. The van der Waals surface area contributed by atoms with Crippen molar-refractivity contribution in [1.29, 1.82) is 0 Å². The summed E-state index contributed by atoms with van der Waals surface area (Å²) in [5.74, 6) is -1.91. The molecule has 0 amide bonds. The number of rotatable bonds is 4. The van der Waals surface area contributed by atoms with Gasteiger partial charge in [0.1, 0.15) is 0 Å². The molecule has 0 aromatic heterocycles. The second-order valence-corrected chi connectivity index (χ2v) is 4.00. The fourth-order valence-corrected chi connectivity index (χ4v) is 1.54. The molecule has 1 atom stereocenters. The molecule has 3 N–H and O–H groups in total. The summed E-state index contributed by atoms with van der Waals surface area (Å²) >= 11 is 0. The first-order valence-corrected chi connectivity index (χ1v) is 5.35. The quantitative estimate of drug-likeness (QED) is 0.328. The summed E-state index contributed by atoms with van der Waals surface area (Å²) in [6.45, 7) is 2.62. The van der Waals surface area contributed by atoms with Crippen LogP contribution in [0.5, 0.6) is 11.5 Å². The zero-order chi connectivity index (χ0) is 14.7. The van der Waals surface area contributed by atoms with Crippen LogP contribution in [0.1, 0.15) is 19.4 Å². The van der Waals surface area contributed by atoms with Gasteiger partial charge >= 0.3 is 5.69 Å². The molecule has 0 aliphatic carbocycles. The molecule has 0 saturated heterocycles. The number of Topliss-reactive ketones (excluding diaryl/α,β-unsaturated/α-hetero) is 1. The van der Waals surface area contributed by atoms with E-state index in [2.05, 4.69) is 0 Å². The number of carbonyl (C=O) groups is 1. The number of nitro benzene ring substituents is 1. The Bertz CT molecular complexity index is 562. The molecule has 102 valence electrons. The predicted molar refractivity (Wildman–Crippen MR) is 66.8 cm³/mol. The molecule has 0 fully saturated rings. The summed E-state index contributed by atoms with van der Waals surface area (Å²) in [4.78, 5) is 21.1. The molecule has 0 bridgehead atoms. The molecule has 0 saturated carbocycles. The Morgan fingerprint density at radius 2 is 2.00 bits per heavy atom. The summed E-state index contributed by atoms with van der Waals surface area (Å²) in [7, 11) is 0. The molecular formula is C12H13NO6. The van der Waals surface area contributed by atoms with Crippen molar-refractivity contribution >= 4 is 17.5 Å². The number of nitro groups is 1. The lowest BCUT2D eigenvalue weighted by atomic mass is 10.0. The van der Waals surface area contributed by atoms with Gasteiger partial charge in [0.05, 0.1) is 11.0 Å². The zero-order valence-electron chi connectivity index (χ0n) is 10.3. The van der Waals surface area contributed by atoms with Gasteiger partial charge in [-0.05, 0) is 31.6 Å². The summed E-state index contributed by atoms with van der Waals surface area (Å²) in [6.07, 6.45) is 0.173. The summed E-state index contributed by atoms with van der Waals surface area (Å²) in [5.41, 5.74) is -0.507. The number of hydrogen-bond acceptors (Lipinski definition) is 6. The highest BCUT2D eigenvalue weighted by molar-refractivity contribution is 5.98. The third kappa shape index (κ3) is 3.29. The van der Waals surface area contributed by atoms with Crippen LogP contribution in [0.4, 0.5) is 5.69 Å². The van der Waals surface area contributed by atoms with Gasteiger partial charge in [0, 0.05) is 11.6 Å². The van der Waals surface area contributed by atoms with Crippen LogP contribution in [0.25, 0.3) is 6.08 Å². The van der Waals surface area contributed by atoms with E-state index in [9.17, 15) is 30.2 Å². The monoisotopic (exact) mass is 267 g/mol. The van der Waals surface area contributed by atoms with Gasteiger partial charge in [-0.2, -0.15) is 0 Å². The number of phenolic OH excluding ortho intramolecular Hbond substituents is 2. The smallest absolute Gasteiger partial charge is 0.315 e. The van der Waals surface area contributed by atoms with Crippen LogP contribution in [0.3, 0.4) is 0 Å². The van der Waals surface area contributed by atoms with Crippen molar-refractivity contribution < 1.29 is 25.0 Å². The number of phenols is 2. The second kappa shape index (κ2) is 5.49. The third-order valence-electron chi connectivity index (χ3n) is 2.47. The highest BCUT2D eigenvalue weighted by Gasteiger charge is 2.19. The van der Waals surface area contributed by atoms with Crippen molar-refractivity contribution in [3.63, 3.8) is 0 Å². The van der Waals surface area contributed by atoms with Gasteiger partial charge in [-0.3, -0.25) is 14.9 Å². The third-order valence-corrected chi connectivity index (χ3v) is 2.47. The Hall–Kier alpha value is -2.41. The van der Waals surface area contributed by atoms with Crippen LogP contribution in [-0.2, 0) is 4.79 Å². The van der Waals surface area contributed by atoms with Crippen LogP contribution in [0.15, 0.2) is 17.7 Å². The van der Waals surface area contributed by atoms with Crippen molar-refractivity contribution in [2.24, 2.45) is 0 Å². The van der Waals surface area contributed by atoms with Crippen LogP contribution >= 0.6 is 0 Å². The maximum absolute atomic E-state index is 11.3. The lowest BCUT2D eigenvalue weighted by Crippen LogP contribution is -2.11. The minimum absolute atomic E-state index is 0.0411. The molecule has 7 heteroatoms. The Morgan fingerprint density at radius 3 is 2.42 bits per heavy atom. The number of hydrogen-bond donors (Lipinski definition) is 3. The van der Waals surface area contributed by atoms with Crippen molar-refractivity contribution in [1.82, 2.24) is 0 Å². The van der Waals surface area contributed by atoms with E-state index in [1.54, 1.807) is 0 Å².